The zero-order valence-electron chi connectivity index (χ0n) is 7.17. The summed E-state index contributed by atoms with van der Waals surface area (Å²) in [4.78, 5) is 0. The number of methoxy groups -OCH3 is 1. The Morgan fingerprint density at radius 3 is 2.46 bits per heavy atom. The van der Waals surface area contributed by atoms with E-state index in [-0.39, 0.29) is 5.90 Å². The highest BCUT2D eigenvalue weighted by Crippen LogP contribution is 2.21. The van der Waals surface area contributed by atoms with Gasteiger partial charge in [-0.2, -0.15) is 0 Å². The lowest BCUT2D eigenvalue weighted by molar-refractivity contribution is -0.0122. The van der Waals surface area contributed by atoms with Crippen molar-refractivity contribution in [2.75, 3.05) is 13.7 Å². The molecule has 76 valence electrons. The van der Waals surface area contributed by atoms with E-state index in [4.69, 9.17) is 15.3 Å². The number of ether oxygens (including phenoxy) is 2. The summed E-state index contributed by atoms with van der Waals surface area (Å²) in [5.74, 6) is -0.262. The van der Waals surface area contributed by atoms with Gasteiger partial charge in [0, 0.05) is 0 Å². The molecular formula is C7H13NO5. The third kappa shape index (κ3) is 1.80. The fourth-order valence-corrected chi connectivity index (χ4v) is 1.23. The molecule has 1 aliphatic heterocycles. The van der Waals surface area contributed by atoms with E-state index in [2.05, 4.69) is 4.74 Å². The molecule has 4 atom stereocenters. The lowest BCUT2D eigenvalue weighted by Crippen LogP contribution is -2.37. The maximum Gasteiger partial charge on any atom is 0.213 e. The summed E-state index contributed by atoms with van der Waals surface area (Å²) < 4.78 is 9.54. The highest BCUT2D eigenvalue weighted by molar-refractivity contribution is 5.78. The lowest BCUT2D eigenvalue weighted by Gasteiger charge is -2.13. The zero-order valence-corrected chi connectivity index (χ0v) is 7.17. The largest absolute Gasteiger partial charge is 0.483 e. The Kier molecular flexibility index (Phi) is 3.21. The molecule has 0 bridgehead atoms. The van der Waals surface area contributed by atoms with Crippen LogP contribution in [0.4, 0.5) is 0 Å². The number of aliphatic hydroxyl groups excluding tert-OH is 3. The van der Waals surface area contributed by atoms with Crippen LogP contribution >= 0.6 is 0 Å². The van der Waals surface area contributed by atoms with Gasteiger partial charge in [0.15, 0.2) is 6.10 Å². The molecule has 13 heavy (non-hydrogen) atoms. The molecule has 0 radical (unpaired) electrons. The molecule has 4 N–H and O–H groups in total. The van der Waals surface area contributed by atoms with Crippen LogP contribution in [0.25, 0.3) is 0 Å². The van der Waals surface area contributed by atoms with E-state index in [0.717, 1.165) is 0 Å². The fourth-order valence-electron chi connectivity index (χ4n) is 1.23. The standard InChI is InChI=1S/C7H13NO5/c1-12-7(8)6-5(11)4(10)3(2-9)13-6/h3-6,8-11H,2H2,1H3/t3-,4-,5-,6-/m0/s1. The molecule has 0 aromatic rings. The molecule has 0 saturated carbocycles. The summed E-state index contributed by atoms with van der Waals surface area (Å²) in [6.07, 6.45) is -4.23. The molecule has 1 aliphatic rings. The number of rotatable bonds is 2. The Bertz CT molecular complexity index is 197. The van der Waals surface area contributed by atoms with Crippen molar-refractivity contribution in [3.05, 3.63) is 0 Å². The van der Waals surface area contributed by atoms with E-state index in [9.17, 15) is 10.2 Å². The van der Waals surface area contributed by atoms with Crippen molar-refractivity contribution < 1.29 is 24.8 Å². The Balaban J connectivity index is 2.65. The van der Waals surface area contributed by atoms with Gasteiger partial charge < -0.3 is 24.8 Å². The van der Waals surface area contributed by atoms with E-state index < -0.39 is 31.0 Å². The number of hydrogen-bond donors (Lipinski definition) is 4. The average molecular weight is 191 g/mol. The van der Waals surface area contributed by atoms with Crippen molar-refractivity contribution in [3.63, 3.8) is 0 Å². The Hall–Kier alpha value is -0.690. The van der Waals surface area contributed by atoms with Gasteiger partial charge in [-0.1, -0.05) is 0 Å². The van der Waals surface area contributed by atoms with E-state index in [0.29, 0.717) is 0 Å². The van der Waals surface area contributed by atoms with Crippen molar-refractivity contribution in [2.24, 2.45) is 0 Å². The van der Waals surface area contributed by atoms with Crippen molar-refractivity contribution in [3.8, 4) is 0 Å². The number of aliphatic hydroxyl groups is 3. The molecule has 0 spiro atoms. The van der Waals surface area contributed by atoms with Gasteiger partial charge in [-0.3, -0.25) is 5.41 Å². The monoisotopic (exact) mass is 191 g/mol. The highest BCUT2D eigenvalue weighted by atomic mass is 16.6. The molecule has 0 aromatic heterocycles. The van der Waals surface area contributed by atoms with Gasteiger partial charge in [0.25, 0.3) is 0 Å². The molecular weight excluding hydrogens is 178 g/mol. The first-order valence-electron chi connectivity index (χ1n) is 3.86. The van der Waals surface area contributed by atoms with Crippen molar-refractivity contribution >= 4 is 5.90 Å². The Morgan fingerprint density at radius 2 is 2.08 bits per heavy atom. The summed E-state index contributed by atoms with van der Waals surface area (Å²) >= 11 is 0. The maximum absolute atomic E-state index is 9.35. The summed E-state index contributed by atoms with van der Waals surface area (Å²) in [7, 11) is 1.27. The van der Waals surface area contributed by atoms with Gasteiger partial charge in [-0.25, -0.2) is 0 Å². The number of hydrogen-bond acceptors (Lipinski definition) is 6. The van der Waals surface area contributed by atoms with Gasteiger partial charge in [-0.05, 0) is 0 Å². The summed E-state index contributed by atoms with van der Waals surface area (Å²) in [5.41, 5.74) is 0. The third-order valence-corrected chi connectivity index (χ3v) is 2.02. The van der Waals surface area contributed by atoms with Crippen LogP contribution < -0.4 is 0 Å². The number of nitrogens with one attached hydrogen (secondary N) is 1. The van der Waals surface area contributed by atoms with Crippen molar-refractivity contribution in [1.29, 1.82) is 5.41 Å². The van der Waals surface area contributed by atoms with E-state index in [1.165, 1.54) is 7.11 Å². The smallest absolute Gasteiger partial charge is 0.213 e. The quantitative estimate of drug-likeness (QED) is 0.301. The zero-order chi connectivity index (χ0) is 10.0. The van der Waals surface area contributed by atoms with Crippen LogP contribution in [0.15, 0.2) is 0 Å². The highest BCUT2D eigenvalue weighted by Gasteiger charge is 2.45. The van der Waals surface area contributed by atoms with Crippen LogP contribution in [0.1, 0.15) is 0 Å². The first-order chi connectivity index (χ1) is 6.11. The van der Waals surface area contributed by atoms with Gasteiger partial charge >= 0.3 is 0 Å². The van der Waals surface area contributed by atoms with Crippen LogP contribution in [-0.2, 0) is 9.47 Å². The van der Waals surface area contributed by atoms with E-state index >= 15 is 0 Å². The minimum atomic E-state index is -1.22. The molecule has 0 unspecified atom stereocenters. The second kappa shape index (κ2) is 4.01. The molecule has 1 fully saturated rings. The van der Waals surface area contributed by atoms with Crippen LogP contribution in [0.5, 0.6) is 0 Å². The third-order valence-electron chi connectivity index (χ3n) is 2.02. The van der Waals surface area contributed by atoms with Crippen LogP contribution in [-0.4, -0.2) is 59.3 Å². The molecule has 0 aromatic carbocycles. The second-order valence-corrected chi connectivity index (χ2v) is 2.83. The van der Waals surface area contributed by atoms with Crippen molar-refractivity contribution in [2.45, 2.75) is 24.4 Å². The second-order valence-electron chi connectivity index (χ2n) is 2.83. The van der Waals surface area contributed by atoms with E-state index in [1.54, 1.807) is 0 Å². The minimum Gasteiger partial charge on any atom is -0.483 e. The van der Waals surface area contributed by atoms with E-state index in [1.807, 2.05) is 0 Å². The topological polar surface area (TPSA) is 103 Å². The molecule has 0 amide bonds. The summed E-state index contributed by atoms with van der Waals surface area (Å²) in [6.45, 7) is -0.397. The maximum atomic E-state index is 9.35. The van der Waals surface area contributed by atoms with Gasteiger partial charge in [0.1, 0.15) is 18.3 Å². The van der Waals surface area contributed by atoms with Crippen LogP contribution in [0.2, 0.25) is 0 Å². The first-order valence-corrected chi connectivity index (χ1v) is 3.86. The molecule has 1 rings (SSSR count). The summed E-state index contributed by atoms with van der Waals surface area (Å²) in [5, 5.41) is 34.6. The average Bonchev–Trinajstić information content (AvgIpc) is 2.43. The molecule has 0 aliphatic carbocycles. The predicted molar refractivity (Wildman–Crippen MR) is 42.5 cm³/mol. The normalized spacial score (nSPS) is 39.1. The lowest BCUT2D eigenvalue weighted by atomic mass is 10.1. The molecule has 1 saturated heterocycles. The van der Waals surface area contributed by atoms with Crippen LogP contribution in [0.3, 0.4) is 0 Å². The first kappa shape index (κ1) is 10.4. The summed E-state index contributed by atoms with van der Waals surface area (Å²) in [6, 6.07) is 0. The predicted octanol–water partition coefficient (Wildman–Crippen LogP) is -1.91. The molecule has 1 heterocycles. The molecule has 6 heteroatoms. The van der Waals surface area contributed by atoms with Crippen LogP contribution in [0, 0.1) is 5.41 Å². The van der Waals surface area contributed by atoms with Crippen molar-refractivity contribution in [1.82, 2.24) is 0 Å². The molecule has 6 nitrogen and oxygen atoms in total. The minimum absolute atomic E-state index is 0.262. The Labute approximate surface area is 75.2 Å². The SMILES string of the molecule is COC(=N)[C@H]1O[C@@H](CO)[C@H](O)[C@@H]1O. The van der Waals surface area contributed by atoms with Gasteiger partial charge in [0.05, 0.1) is 13.7 Å². The Morgan fingerprint density at radius 1 is 1.46 bits per heavy atom. The van der Waals surface area contributed by atoms with Gasteiger partial charge in [-0.15, -0.1) is 0 Å². The van der Waals surface area contributed by atoms with Gasteiger partial charge in [0.2, 0.25) is 5.90 Å². The fraction of sp³-hybridized carbons (Fsp3) is 0.857.